The number of benzene rings is 2. The Labute approximate surface area is 228 Å². The second-order valence-corrected chi connectivity index (χ2v) is 10.5. The van der Waals surface area contributed by atoms with Crippen molar-refractivity contribution in [1.82, 2.24) is 10.3 Å². The van der Waals surface area contributed by atoms with Crippen molar-refractivity contribution in [2.75, 3.05) is 28.6 Å². The number of alkyl halides is 3. The maximum atomic E-state index is 14.0. The predicted molar refractivity (Wildman–Crippen MR) is 143 cm³/mol. The number of aryl methyl sites for hydroxylation is 1. The molecule has 3 N–H and O–H groups in total. The van der Waals surface area contributed by atoms with E-state index in [4.69, 9.17) is 4.74 Å². The summed E-state index contributed by atoms with van der Waals surface area (Å²) in [6, 6.07) is 10.4. The lowest BCUT2D eigenvalue weighted by molar-refractivity contribution is -0.137. The highest BCUT2D eigenvalue weighted by Crippen LogP contribution is 2.33. The lowest BCUT2D eigenvalue weighted by atomic mass is 10.1. The monoisotopic (exact) mass is 559 g/mol. The number of alkyl carbamates (subject to hydrolysis) is 1. The van der Waals surface area contributed by atoms with Gasteiger partial charge in [0.2, 0.25) is 0 Å². The van der Waals surface area contributed by atoms with Crippen LogP contribution in [0.2, 0.25) is 0 Å². The molecule has 3 aromatic rings. The minimum atomic E-state index is -4.82. The normalized spacial score (nSPS) is 13.8. The molecule has 2 aromatic carbocycles. The number of anilines is 4. The summed E-state index contributed by atoms with van der Waals surface area (Å²) in [4.78, 5) is 31.4. The zero-order chi connectivity index (χ0) is 29.2. The van der Waals surface area contributed by atoms with Crippen LogP contribution in [0.15, 0.2) is 54.7 Å². The number of hydrogen-bond donors (Lipinski definition) is 3. The van der Waals surface area contributed by atoms with E-state index in [1.54, 1.807) is 39.1 Å². The molecule has 0 saturated carbocycles. The highest BCUT2D eigenvalue weighted by molar-refractivity contribution is 6.06. The summed E-state index contributed by atoms with van der Waals surface area (Å²) in [7, 11) is 0. The van der Waals surface area contributed by atoms with Crippen molar-refractivity contribution in [3.63, 3.8) is 0 Å². The summed E-state index contributed by atoms with van der Waals surface area (Å²) in [6.07, 6.45) is -3.78. The third-order valence-corrected chi connectivity index (χ3v) is 5.97. The van der Waals surface area contributed by atoms with E-state index >= 15 is 0 Å². The maximum Gasteiger partial charge on any atom is 0.416 e. The molecule has 0 spiro atoms. The zero-order valence-electron chi connectivity index (χ0n) is 22.3. The van der Waals surface area contributed by atoms with E-state index in [1.807, 2.05) is 30.0 Å². The minimum absolute atomic E-state index is 0.173. The van der Waals surface area contributed by atoms with Gasteiger partial charge in [-0.3, -0.25) is 4.79 Å². The van der Waals surface area contributed by atoms with Gasteiger partial charge < -0.3 is 25.6 Å². The third-order valence-electron chi connectivity index (χ3n) is 5.97. The molecular formula is C28H29F4N5O3. The molecule has 212 valence electrons. The van der Waals surface area contributed by atoms with Gasteiger partial charge in [-0.25, -0.2) is 14.2 Å². The molecular weight excluding hydrogens is 530 g/mol. The van der Waals surface area contributed by atoms with Gasteiger partial charge in [0.25, 0.3) is 5.91 Å². The number of rotatable bonds is 6. The second-order valence-electron chi connectivity index (χ2n) is 10.5. The highest BCUT2D eigenvalue weighted by Gasteiger charge is 2.33. The average Bonchev–Trinajstić information content (AvgIpc) is 2.81. The van der Waals surface area contributed by atoms with Crippen LogP contribution in [0.1, 0.15) is 42.3 Å². The molecule has 2 heterocycles. The van der Waals surface area contributed by atoms with Gasteiger partial charge in [0, 0.05) is 24.3 Å². The molecule has 2 amide bonds. The summed E-state index contributed by atoms with van der Waals surface area (Å²) >= 11 is 0. The molecule has 0 bridgehead atoms. The van der Waals surface area contributed by atoms with Crippen LogP contribution in [0.5, 0.6) is 0 Å². The number of pyridine rings is 1. The van der Waals surface area contributed by atoms with Gasteiger partial charge >= 0.3 is 12.3 Å². The standard InChI is InChI=1S/C28H29F4N5O3/c1-16-7-5-6-8-22(16)35-24-23(36-25(38)17-9-18(28(30,31)32)11-19(29)10-17)12-21(13-33-24)37-14-20(15-37)34-26(39)40-27(2,3)4/h5-13,20H,14-15H2,1-4H3,(H,33,35)(H,34,39)(H,36,38). The number of carbonyl (C=O) groups excluding carboxylic acids is 2. The van der Waals surface area contributed by atoms with Crippen molar-refractivity contribution in [3.8, 4) is 0 Å². The molecule has 1 aromatic heterocycles. The molecule has 8 nitrogen and oxygen atoms in total. The van der Waals surface area contributed by atoms with Crippen LogP contribution in [0.25, 0.3) is 0 Å². The van der Waals surface area contributed by atoms with Crippen LogP contribution >= 0.6 is 0 Å². The molecule has 1 fully saturated rings. The van der Waals surface area contributed by atoms with Crippen molar-refractivity contribution < 1.29 is 31.9 Å². The zero-order valence-corrected chi connectivity index (χ0v) is 22.3. The number of nitrogens with zero attached hydrogens (tertiary/aromatic N) is 2. The first-order valence-corrected chi connectivity index (χ1v) is 12.4. The Bertz CT molecular complexity index is 1420. The first kappa shape index (κ1) is 28.7. The summed E-state index contributed by atoms with van der Waals surface area (Å²) in [6.45, 7) is 8.05. The van der Waals surface area contributed by atoms with Gasteiger partial charge in [-0.15, -0.1) is 0 Å². The average molecular weight is 560 g/mol. The Morgan fingerprint density at radius 3 is 2.38 bits per heavy atom. The number of aromatic nitrogens is 1. The summed E-state index contributed by atoms with van der Waals surface area (Å²) in [5, 5.41) is 8.48. The molecule has 0 atom stereocenters. The predicted octanol–water partition coefficient (Wildman–Crippen LogP) is 6.26. The fraction of sp³-hybridized carbons (Fsp3) is 0.321. The molecule has 0 unspecified atom stereocenters. The highest BCUT2D eigenvalue weighted by atomic mass is 19.4. The van der Waals surface area contributed by atoms with E-state index in [9.17, 15) is 27.2 Å². The van der Waals surface area contributed by atoms with E-state index in [1.165, 1.54) is 0 Å². The smallest absolute Gasteiger partial charge is 0.416 e. The lowest BCUT2D eigenvalue weighted by Gasteiger charge is -2.41. The number of ether oxygens (including phenoxy) is 1. The van der Waals surface area contributed by atoms with Crippen LogP contribution in [-0.2, 0) is 10.9 Å². The Balaban J connectivity index is 1.57. The van der Waals surface area contributed by atoms with Crippen LogP contribution in [0.3, 0.4) is 0 Å². The SMILES string of the molecule is Cc1ccccc1Nc1ncc(N2CC(NC(=O)OC(C)(C)C)C2)cc1NC(=O)c1cc(F)cc(C(F)(F)F)c1. The number of carbonyl (C=O) groups is 2. The van der Waals surface area contributed by atoms with Crippen molar-refractivity contribution in [2.45, 2.75) is 45.5 Å². The molecule has 40 heavy (non-hydrogen) atoms. The molecule has 0 aliphatic carbocycles. The molecule has 12 heteroatoms. The van der Waals surface area contributed by atoms with Crippen molar-refractivity contribution in [2.24, 2.45) is 0 Å². The van der Waals surface area contributed by atoms with Crippen molar-refractivity contribution in [3.05, 3.63) is 77.2 Å². The van der Waals surface area contributed by atoms with Crippen molar-refractivity contribution >= 4 is 34.9 Å². The van der Waals surface area contributed by atoms with Crippen molar-refractivity contribution in [1.29, 1.82) is 0 Å². The number of halogens is 4. The molecule has 1 aliphatic rings. The van der Waals surface area contributed by atoms with Crippen LogP contribution in [0, 0.1) is 12.7 Å². The van der Waals surface area contributed by atoms with E-state index in [-0.39, 0.29) is 17.5 Å². The van der Waals surface area contributed by atoms with Gasteiger partial charge in [-0.2, -0.15) is 13.2 Å². The van der Waals surface area contributed by atoms with Crippen LogP contribution < -0.4 is 20.9 Å². The maximum absolute atomic E-state index is 14.0. The van der Waals surface area contributed by atoms with E-state index < -0.39 is 40.7 Å². The lowest BCUT2D eigenvalue weighted by Crippen LogP contribution is -2.60. The fourth-order valence-electron chi connectivity index (χ4n) is 4.00. The Kier molecular flexibility index (Phi) is 7.90. The van der Waals surface area contributed by atoms with Gasteiger partial charge in [0.05, 0.1) is 29.2 Å². The van der Waals surface area contributed by atoms with Gasteiger partial charge in [-0.1, -0.05) is 18.2 Å². The van der Waals surface area contributed by atoms with E-state index in [2.05, 4.69) is 20.9 Å². The minimum Gasteiger partial charge on any atom is -0.444 e. The number of para-hydroxylation sites is 1. The summed E-state index contributed by atoms with van der Waals surface area (Å²) in [5.41, 5.74) is -0.0295. The van der Waals surface area contributed by atoms with E-state index in [0.29, 0.717) is 36.6 Å². The topological polar surface area (TPSA) is 95.6 Å². The van der Waals surface area contributed by atoms with Gasteiger partial charge in [-0.05, 0) is 63.6 Å². The molecule has 0 radical (unpaired) electrons. The number of nitrogens with one attached hydrogen (secondary N) is 3. The summed E-state index contributed by atoms with van der Waals surface area (Å²) in [5.74, 6) is -1.89. The Morgan fingerprint density at radius 2 is 1.73 bits per heavy atom. The van der Waals surface area contributed by atoms with Gasteiger partial charge in [0.15, 0.2) is 5.82 Å². The molecule has 1 saturated heterocycles. The quantitative estimate of drug-likeness (QED) is 0.309. The van der Waals surface area contributed by atoms with Gasteiger partial charge in [0.1, 0.15) is 11.4 Å². The third kappa shape index (κ3) is 7.19. The summed E-state index contributed by atoms with van der Waals surface area (Å²) < 4.78 is 58.8. The fourth-order valence-corrected chi connectivity index (χ4v) is 4.00. The number of amides is 2. The molecule has 4 rings (SSSR count). The first-order chi connectivity index (χ1) is 18.7. The largest absolute Gasteiger partial charge is 0.444 e. The second kappa shape index (κ2) is 11.0. The number of hydrogen-bond acceptors (Lipinski definition) is 6. The van der Waals surface area contributed by atoms with Crippen LogP contribution in [-0.4, -0.2) is 41.7 Å². The molecule has 1 aliphatic heterocycles. The Hall–Kier alpha value is -4.35. The first-order valence-electron chi connectivity index (χ1n) is 12.4. The van der Waals surface area contributed by atoms with E-state index in [0.717, 1.165) is 11.6 Å². The van der Waals surface area contributed by atoms with Crippen LogP contribution in [0.4, 0.5) is 45.2 Å². The Morgan fingerprint density at radius 1 is 1.02 bits per heavy atom.